The maximum Gasteiger partial charge on any atom is 0.407 e. The van der Waals surface area contributed by atoms with Gasteiger partial charge in [-0.15, -0.1) is 0 Å². The molecule has 252 valence electrons. The molecule has 2 aromatic rings. The van der Waals surface area contributed by atoms with Crippen LogP contribution in [0.2, 0.25) is 0 Å². The van der Waals surface area contributed by atoms with Crippen molar-refractivity contribution >= 4 is 35.7 Å². The summed E-state index contributed by atoms with van der Waals surface area (Å²) < 4.78 is 5.66. The zero-order chi connectivity index (χ0) is 34.2. The monoisotopic (exact) mass is 649 g/mol. The van der Waals surface area contributed by atoms with Crippen molar-refractivity contribution in [1.82, 2.24) is 26.2 Å². The Bertz CT molecular complexity index is 1460. The Kier molecular flexibility index (Phi) is 11.6. The highest BCUT2D eigenvalue weighted by molar-refractivity contribution is 5.94. The van der Waals surface area contributed by atoms with Crippen LogP contribution in [0.4, 0.5) is 4.79 Å². The van der Waals surface area contributed by atoms with E-state index >= 15 is 0 Å². The molecule has 3 atom stereocenters. The minimum Gasteiger partial charge on any atom is -0.480 e. The maximum absolute atomic E-state index is 13.7. The minimum absolute atomic E-state index is 0.0918. The number of carboxylic acids is 1. The molecule has 1 heterocycles. The molecule has 0 bridgehead atoms. The molecule has 0 aromatic heterocycles. The van der Waals surface area contributed by atoms with Crippen LogP contribution in [0.5, 0.6) is 0 Å². The molecule has 0 saturated carbocycles. The number of nitrogens with one attached hydrogen (secondary N) is 4. The first kappa shape index (κ1) is 34.9. The summed E-state index contributed by atoms with van der Waals surface area (Å²) in [6, 6.07) is 13.2. The van der Waals surface area contributed by atoms with Gasteiger partial charge in [0.25, 0.3) is 0 Å². The number of aliphatic carboxylic acids is 1. The molecule has 0 radical (unpaired) electrons. The number of nitrogens with zero attached hydrogens (tertiary/aromatic N) is 1. The molecule has 2 aromatic carbocycles. The molecule has 13 nitrogen and oxygen atoms in total. The van der Waals surface area contributed by atoms with Gasteiger partial charge in [-0.05, 0) is 46.9 Å². The Morgan fingerprint density at radius 3 is 2.00 bits per heavy atom. The summed E-state index contributed by atoms with van der Waals surface area (Å²) in [5.74, 6) is -4.27. The maximum atomic E-state index is 13.7. The predicted molar refractivity (Wildman–Crippen MR) is 172 cm³/mol. The summed E-state index contributed by atoms with van der Waals surface area (Å²) >= 11 is 0. The number of carbonyl (C=O) groups is 6. The highest BCUT2D eigenvalue weighted by Gasteiger charge is 2.39. The van der Waals surface area contributed by atoms with Crippen LogP contribution in [0.15, 0.2) is 48.5 Å². The summed E-state index contributed by atoms with van der Waals surface area (Å²) in [5, 5.41) is 18.8. The molecule has 1 fully saturated rings. The van der Waals surface area contributed by atoms with Crippen molar-refractivity contribution in [2.24, 2.45) is 11.8 Å². The molecule has 0 spiro atoms. The van der Waals surface area contributed by atoms with Gasteiger partial charge in [-0.3, -0.25) is 24.0 Å². The zero-order valence-electron chi connectivity index (χ0n) is 27.1. The number of carboxylic acid groups (broad SMARTS) is 1. The Morgan fingerprint density at radius 2 is 1.43 bits per heavy atom. The van der Waals surface area contributed by atoms with Crippen molar-refractivity contribution in [3.05, 3.63) is 59.7 Å². The number of hydrogen-bond donors (Lipinski definition) is 5. The van der Waals surface area contributed by atoms with E-state index in [-0.39, 0.29) is 24.4 Å². The quantitative estimate of drug-likeness (QED) is 0.218. The number of likely N-dealkylation sites (tertiary alicyclic amines) is 1. The molecule has 4 rings (SSSR count). The van der Waals surface area contributed by atoms with Crippen molar-refractivity contribution in [3.8, 4) is 11.1 Å². The number of rotatable bonds is 13. The van der Waals surface area contributed by atoms with Gasteiger partial charge in [0.05, 0.1) is 6.54 Å². The molecule has 13 heteroatoms. The number of fused-ring (bicyclic) bond motifs is 3. The predicted octanol–water partition coefficient (Wildman–Crippen LogP) is 2.00. The van der Waals surface area contributed by atoms with Crippen molar-refractivity contribution in [1.29, 1.82) is 0 Å². The number of benzene rings is 2. The van der Waals surface area contributed by atoms with Gasteiger partial charge in [-0.25, -0.2) is 4.79 Å². The van der Waals surface area contributed by atoms with Gasteiger partial charge in [-0.2, -0.15) is 0 Å². The topological polar surface area (TPSA) is 183 Å². The van der Waals surface area contributed by atoms with Crippen molar-refractivity contribution in [2.75, 3.05) is 26.2 Å². The summed E-state index contributed by atoms with van der Waals surface area (Å²) in [5.41, 5.74) is 4.34. The van der Waals surface area contributed by atoms with Crippen LogP contribution in [0, 0.1) is 11.8 Å². The lowest BCUT2D eigenvalue weighted by Gasteiger charge is -2.30. The number of carbonyl (C=O) groups excluding carboxylic acids is 5. The second-order valence-electron chi connectivity index (χ2n) is 12.5. The average molecular weight is 650 g/mol. The van der Waals surface area contributed by atoms with Gasteiger partial charge >= 0.3 is 12.1 Å². The van der Waals surface area contributed by atoms with Crippen molar-refractivity contribution in [2.45, 2.75) is 64.6 Å². The van der Waals surface area contributed by atoms with E-state index in [1.54, 1.807) is 27.7 Å². The lowest BCUT2D eigenvalue weighted by Crippen LogP contribution is -2.56. The Balaban J connectivity index is 1.32. The smallest absolute Gasteiger partial charge is 0.407 e. The van der Waals surface area contributed by atoms with Gasteiger partial charge in [0, 0.05) is 12.5 Å². The van der Waals surface area contributed by atoms with E-state index in [1.807, 2.05) is 48.5 Å². The highest BCUT2D eigenvalue weighted by atomic mass is 16.5. The minimum atomic E-state index is -1.22. The fraction of sp³-hybridized carbons (Fsp3) is 0.471. The molecule has 1 saturated heterocycles. The summed E-state index contributed by atoms with van der Waals surface area (Å²) in [6.07, 6.45) is 0.203. The van der Waals surface area contributed by atoms with Gasteiger partial charge in [0.15, 0.2) is 0 Å². The average Bonchev–Trinajstić information content (AvgIpc) is 3.66. The van der Waals surface area contributed by atoms with E-state index in [0.29, 0.717) is 19.4 Å². The molecule has 5 N–H and O–H groups in total. The van der Waals surface area contributed by atoms with Crippen LogP contribution in [0.25, 0.3) is 11.1 Å². The summed E-state index contributed by atoms with van der Waals surface area (Å²) in [4.78, 5) is 76.9. The number of amides is 5. The Hall–Kier alpha value is -4.94. The van der Waals surface area contributed by atoms with E-state index < -0.39 is 66.9 Å². The third kappa shape index (κ3) is 8.46. The number of alkyl carbamates (subject to hydrolysis) is 1. The van der Waals surface area contributed by atoms with Gasteiger partial charge in [-0.1, -0.05) is 76.2 Å². The van der Waals surface area contributed by atoms with Gasteiger partial charge in [0.2, 0.25) is 23.6 Å². The van der Waals surface area contributed by atoms with Crippen molar-refractivity contribution < 1.29 is 38.6 Å². The van der Waals surface area contributed by atoms with E-state index in [1.165, 1.54) is 4.90 Å². The van der Waals surface area contributed by atoms with Gasteiger partial charge < -0.3 is 36.0 Å². The first-order valence-corrected chi connectivity index (χ1v) is 15.9. The fourth-order valence-electron chi connectivity index (χ4n) is 6.08. The summed E-state index contributed by atoms with van der Waals surface area (Å²) in [7, 11) is 0. The second kappa shape index (κ2) is 15.6. The van der Waals surface area contributed by atoms with E-state index in [2.05, 4.69) is 21.3 Å². The largest absolute Gasteiger partial charge is 0.480 e. The molecule has 0 unspecified atom stereocenters. The SMILES string of the molecule is CC(C)[C@H](NC(=O)CNC(=O)[C@@H]1CCCN1C(=O)[C@@H](NC(=O)OCC1c2ccccc2-c2ccccc21)C(C)C)C(=O)NCC(=O)O. The lowest BCUT2D eigenvalue weighted by atomic mass is 9.98. The van der Waals surface area contributed by atoms with Crippen LogP contribution >= 0.6 is 0 Å². The zero-order valence-corrected chi connectivity index (χ0v) is 27.1. The third-order valence-electron chi connectivity index (χ3n) is 8.49. The fourth-order valence-corrected chi connectivity index (χ4v) is 6.08. The van der Waals surface area contributed by atoms with Crippen LogP contribution in [-0.4, -0.2) is 90.1 Å². The highest BCUT2D eigenvalue weighted by Crippen LogP contribution is 2.44. The molecule has 47 heavy (non-hydrogen) atoms. The van der Waals surface area contributed by atoms with E-state index in [9.17, 15) is 28.8 Å². The number of ether oxygens (including phenoxy) is 1. The second-order valence-corrected chi connectivity index (χ2v) is 12.5. The molecule has 1 aliphatic carbocycles. The molecule has 1 aliphatic heterocycles. The van der Waals surface area contributed by atoms with Crippen LogP contribution in [0.1, 0.15) is 57.6 Å². The molecule has 2 aliphatic rings. The summed E-state index contributed by atoms with van der Waals surface area (Å²) in [6.45, 7) is 6.32. The van der Waals surface area contributed by atoms with Crippen molar-refractivity contribution in [3.63, 3.8) is 0 Å². The normalized spacial score (nSPS) is 16.6. The van der Waals surface area contributed by atoms with Crippen LogP contribution < -0.4 is 21.3 Å². The van der Waals surface area contributed by atoms with E-state index in [4.69, 9.17) is 9.84 Å². The third-order valence-corrected chi connectivity index (χ3v) is 8.49. The molecular formula is C34H43N5O8. The lowest BCUT2D eigenvalue weighted by molar-refractivity contribution is -0.141. The molecule has 5 amide bonds. The Morgan fingerprint density at radius 1 is 0.830 bits per heavy atom. The van der Waals surface area contributed by atoms with E-state index in [0.717, 1.165) is 22.3 Å². The molecular weight excluding hydrogens is 606 g/mol. The van der Waals surface area contributed by atoms with Crippen LogP contribution in [-0.2, 0) is 28.7 Å². The standard InChI is InChI=1S/C34H43N5O8/c1-19(2)29(32(44)36-17-28(41)42)37-27(40)16-35-31(43)26-14-9-15-39(26)33(45)30(20(3)4)38-34(46)47-18-25-23-12-7-5-10-21(23)22-11-6-8-13-24(22)25/h5-8,10-13,19-20,25-26,29-30H,9,14-18H2,1-4H3,(H,35,43)(H,36,44)(H,37,40)(H,38,46)(H,41,42)/t26-,29-,30-/m0/s1. The van der Waals surface area contributed by atoms with Gasteiger partial charge in [0.1, 0.15) is 31.3 Å². The first-order chi connectivity index (χ1) is 22.4. The first-order valence-electron chi connectivity index (χ1n) is 15.9. The number of hydrogen-bond acceptors (Lipinski definition) is 7. The Labute approximate surface area is 273 Å². The van der Waals surface area contributed by atoms with Crippen LogP contribution in [0.3, 0.4) is 0 Å².